The molecule has 3 aromatic carbocycles. The van der Waals surface area contributed by atoms with Crippen molar-refractivity contribution in [3.63, 3.8) is 0 Å². The number of hydrogen-bond donors (Lipinski definition) is 1. The van der Waals surface area contributed by atoms with Gasteiger partial charge in [0.15, 0.2) is 16.6 Å². The Labute approximate surface area is 452 Å². The van der Waals surface area contributed by atoms with Crippen LogP contribution in [0.4, 0.5) is 0 Å². The summed E-state index contributed by atoms with van der Waals surface area (Å²) in [6, 6.07) is 32.2. The Hall–Kier alpha value is -3.84. The van der Waals surface area contributed by atoms with Gasteiger partial charge < -0.3 is 32.6 Å². The van der Waals surface area contributed by atoms with Gasteiger partial charge in [-0.05, 0) is 108 Å². The summed E-state index contributed by atoms with van der Waals surface area (Å²) in [5.74, 6) is 7.67. The van der Waals surface area contributed by atoms with Crippen molar-refractivity contribution < 1.29 is 37.4 Å². The molecule has 0 saturated heterocycles. The van der Waals surface area contributed by atoms with Crippen LogP contribution in [0, 0.1) is 23.7 Å². The first kappa shape index (κ1) is 62.7. The molecule has 0 heterocycles. The third-order valence-electron chi connectivity index (χ3n) is 16.0. The van der Waals surface area contributed by atoms with E-state index in [1.165, 1.54) is 48.6 Å². The normalized spacial score (nSPS) is 16.9. The van der Waals surface area contributed by atoms with E-state index in [0.717, 1.165) is 29.4 Å². The highest BCUT2D eigenvalue weighted by Gasteiger charge is 2.52. The van der Waals surface area contributed by atoms with Gasteiger partial charge in [0.05, 0.1) is 32.5 Å². The van der Waals surface area contributed by atoms with Crippen molar-refractivity contribution in [3.05, 3.63) is 127 Å². The Balaban J connectivity index is 2.07. The van der Waals surface area contributed by atoms with Gasteiger partial charge in [0.1, 0.15) is 17.5 Å². The number of esters is 1. The molecule has 0 bridgehead atoms. The predicted octanol–water partition coefficient (Wildman–Crippen LogP) is 14.3. The van der Waals surface area contributed by atoms with Crippen LogP contribution in [0.1, 0.15) is 133 Å². The fourth-order valence-electron chi connectivity index (χ4n) is 10.1. The smallest absolute Gasteiger partial charge is 0.330 e. The van der Waals surface area contributed by atoms with Gasteiger partial charge in [-0.3, -0.25) is 0 Å². The van der Waals surface area contributed by atoms with E-state index in [4.69, 9.17) is 27.5 Å². The highest BCUT2D eigenvalue weighted by molar-refractivity contribution is 6.99. The van der Waals surface area contributed by atoms with Crippen LogP contribution in [0.2, 0.25) is 41.3 Å². The van der Waals surface area contributed by atoms with E-state index in [1.807, 2.05) is 25.1 Å². The molecule has 0 spiro atoms. The fraction of sp³-hybridized carbons (Fsp3) is 0.571. The number of allylic oxidation sites excluding steroid dienone is 2. The minimum Gasteiger partial charge on any atom is -0.497 e. The van der Waals surface area contributed by atoms with Gasteiger partial charge in [0, 0.05) is 31.4 Å². The third kappa shape index (κ3) is 17.6. The Kier molecular flexibility index (Phi) is 25.1. The molecule has 4 rings (SSSR count). The number of rotatable bonds is 28. The number of hydrogen-bond acceptors (Lipinski definition) is 8. The minimum atomic E-state index is -3.04. The molecule has 0 unspecified atom stereocenters. The SMILES string of the molecule is CCOC(=O)/C=C\[C@H](CC)[C@@H](O)/C=C/[C@@](CCO[Si](c1ccccc1)(c1ccccc1)C(C)(C)C)(O[Si](CC)(CC)CC)[C@@H](C[C@H](C#C/C=C\C1CCCCC1)O[Si](C)(C)C(C)(C)C)OCc1ccc(OC)cc1. The van der Waals surface area contributed by atoms with Crippen molar-refractivity contribution in [2.45, 2.75) is 199 Å². The molecule has 408 valence electrons. The Morgan fingerprint density at radius 3 is 1.91 bits per heavy atom. The zero-order chi connectivity index (χ0) is 54.5. The molecule has 0 aromatic heterocycles. The third-order valence-corrected chi connectivity index (χ3v) is 30.2. The number of carbonyl (C=O) groups is 1. The van der Waals surface area contributed by atoms with E-state index >= 15 is 0 Å². The second kappa shape index (κ2) is 29.6. The van der Waals surface area contributed by atoms with Crippen molar-refractivity contribution in [2.75, 3.05) is 20.3 Å². The Morgan fingerprint density at radius 2 is 1.39 bits per heavy atom. The predicted molar refractivity (Wildman–Crippen MR) is 316 cm³/mol. The van der Waals surface area contributed by atoms with Crippen LogP contribution in [0.3, 0.4) is 0 Å². The summed E-state index contributed by atoms with van der Waals surface area (Å²) in [7, 11) is -6.34. The first-order valence-corrected chi connectivity index (χ1v) is 35.3. The number of ether oxygens (including phenoxy) is 3. The van der Waals surface area contributed by atoms with Crippen LogP contribution in [-0.4, -0.2) is 80.3 Å². The van der Waals surface area contributed by atoms with Crippen molar-refractivity contribution in [1.29, 1.82) is 0 Å². The molecule has 0 radical (unpaired) electrons. The summed E-state index contributed by atoms with van der Waals surface area (Å²) in [6.45, 7) is 29.8. The minimum absolute atomic E-state index is 0.0908. The van der Waals surface area contributed by atoms with Crippen molar-refractivity contribution in [1.82, 2.24) is 0 Å². The van der Waals surface area contributed by atoms with Crippen LogP contribution in [-0.2, 0) is 34.2 Å². The standard InChI is InChI=1S/C63H96O8Si3/c1-15-53(41-44-60(65)67-16-2)58(64)45-46-63(71-73(17-3,18-4)19-5,47-48-69-74(62(9,10)11,56-35-25-21-26-36-56)57-37-27-22-28-38-57)59(68-50-52-39-42-54(66-12)43-40-52)49-55(70-72(13,14)61(6,7)8)34-30-29-33-51-31-23-20-24-32-51/h21-22,25-29,33,35-46,51,53,55,58-59,64H,15-20,23-24,31-32,47-50H2,1-14H3/b33-29-,44-41-,46-45+/t53-,55-,58-,59+,63-/m0/s1. The molecule has 1 N–H and O–H groups in total. The fourth-order valence-corrected chi connectivity index (χ4v) is 19.0. The molecular weight excluding hydrogens is 969 g/mol. The first-order chi connectivity index (χ1) is 35.2. The second-order valence-corrected chi connectivity index (χ2v) is 36.6. The topological polar surface area (TPSA) is 92.7 Å². The van der Waals surface area contributed by atoms with Gasteiger partial charge in [-0.2, -0.15) is 0 Å². The summed E-state index contributed by atoms with van der Waals surface area (Å²) in [6.07, 6.45) is 17.1. The van der Waals surface area contributed by atoms with Gasteiger partial charge in [-0.25, -0.2) is 4.79 Å². The van der Waals surface area contributed by atoms with Gasteiger partial charge in [0.25, 0.3) is 8.32 Å². The lowest BCUT2D eigenvalue weighted by molar-refractivity contribution is -0.137. The summed E-state index contributed by atoms with van der Waals surface area (Å²) < 4.78 is 41.6. The second-order valence-electron chi connectivity index (χ2n) is 22.9. The summed E-state index contributed by atoms with van der Waals surface area (Å²) in [5.41, 5.74) is -0.161. The van der Waals surface area contributed by atoms with E-state index in [-0.39, 0.29) is 29.2 Å². The molecular formula is C63H96O8Si3. The highest BCUT2D eigenvalue weighted by atomic mass is 28.4. The summed E-state index contributed by atoms with van der Waals surface area (Å²) in [5, 5.41) is 14.3. The van der Waals surface area contributed by atoms with Crippen LogP contribution < -0.4 is 15.1 Å². The van der Waals surface area contributed by atoms with E-state index in [2.05, 4.69) is 178 Å². The van der Waals surface area contributed by atoms with E-state index in [9.17, 15) is 9.90 Å². The number of aliphatic hydroxyl groups excluding tert-OH is 1. The lowest BCUT2D eigenvalue weighted by Gasteiger charge is -2.48. The van der Waals surface area contributed by atoms with E-state index < -0.39 is 54.8 Å². The quantitative estimate of drug-likeness (QED) is 0.0253. The summed E-state index contributed by atoms with van der Waals surface area (Å²) in [4.78, 5) is 12.6. The molecule has 1 aliphatic rings. The molecule has 1 fully saturated rings. The molecule has 1 saturated carbocycles. The molecule has 11 heteroatoms. The molecule has 74 heavy (non-hydrogen) atoms. The maximum absolute atomic E-state index is 12.6. The zero-order valence-electron chi connectivity index (χ0n) is 48.1. The number of benzene rings is 3. The van der Waals surface area contributed by atoms with Crippen molar-refractivity contribution in [3.8, 4) is 17.6 Å². The summed E-state index contributed by atoms with van der Waals surface area (Å²) >= 11 is 0. The van der Waals surface area contributed by atoms with E-state index in [1.54, 1.807) is 20.1 Å². The molecule has 0 aliphatic heterocycles. The number of aliphatic hydroxyl groups is 1. The molecule has 3 aromatic rings. The van der Waals surface area contributed by atoms with Gasteiger partial charge >= 0.3 is 5.97 Å². The van der Waals surface area contributed by atoms with Crippen molar-refractivity contribution in [2.24, 2.45) is 11.8 Å². The molecule has 8 nitrogen and oxygen atoms in total. The maximum Gasteiger partial charge on any atom is 0.330 e. The van der Waals surface area contributed by atoms with Crippen LogP contribution in [0.25, 0.3) is 0 Å². The largest absolute Gasteiger partial charge is 0.497 e. The monoisotopic (exact) mass is 1060 g/mol. The van der Waals surface area contributed by atoms with Crippen LogP contribution in [0.5, 0.6) is 5.75 Å². The highest BCUT2D eigenvalue weighted by Crippen LogP contribution is 2.42. The number of methoxy groups -OCH3 is 1. The molecule has 1 aliphatic carbocycles. The lowest BCUT2D eigenvalue weighted by Crippen LogP contribution is -2.67. The molecule has 5 atom stereocenters. The van der Waals surface area contributed by atoms with E-state index in [0.29, 0.717) is 31.8 Å². The lowest BCUT2D eigenvalue weighted by atomic mass is 9.87. The average molecular weight is 1070 g/mol. The zero-order valence-corrected chi connectivity index (χ0v) is 51.1. The Bertz CT molecular complexity index is 2200. The van der Waals surface area contributed by atoms with Crippen LogP contribution in [0.15, 0.2) is 121 Å². The maximum atomic E-state index is 12.6. The Morgan fingerprint density at radius 1 is 0.797 bits per heavy atom. The van der Waals surface area contributed by atoms with Crippen molar-refractivity contribution >= 4 is 41.3 Å². The van der Waals surface area contributed by atoms with Gasteiger partial charge in [0.2, 0.25) is 0 Å². The van der Waals surface area contributed by atoms with Gasteiger partial charge in [-0.15, -0.1) is 0 Å². The average Bonchev–Trinajstić information content (AvgIpc) is 3.39. The molecule has 0 amide bonds. The first-order valence-electron chi connectivity index (χ1n) is 27.9. The van der Waals surface area contributed by atoms with Gasteiger partial charge in [-0.1, -0.05) is 197 Å². The number of carbonyl (C=O) groups excluding carboxylic acids is 1. The van der Waals surface area contributed by atoms with Crippen LogP contribution >= 0.6 is 0 Å².